The average molecular weight is 665 g/mol. The molecule has 0 amide bonds. The van der Waals surface area contributed by atoms with Crippen molar-refractivity contribution >= 4 is 24.3 Å². The second-order valence-corrected chi connectivity index (χ2v) is 18.6. The van der Waals surface area contributed by atoms with Gasteiger partial charge in [0.25, 0.3) is 0 Å². The molecule has 8 aromatic rings. The lowest BCUT2D eigenvalue weighted by atomic mass is 9.94. The van der Waals surface area contributed by atoms with E-state index in [4.69, 9.17) is 15.0 Å². The summed E-state index contributed by atoms with van der Waals surface area (Å²) in [6.07, 6.45) is 5.85. The van der Waals surface area contributed by atoms with Gasteiger partial charge in [-0.3, -0.25) is 14.5 Å². The van der Waals surface area contributed by atoms with Crippen LogP contribution < -0.4 is 5.19 Å². The maximum absolute atomic E-state index is 11.0. The molecule has 3 heterocycles. The van der Waals surface area contributed by atoms with Gasteiger partial charge in [-0.1, -0.05) is 111 Å². The third kappa shape index (κ3) is 5.80. The third-order valence-electron chi connectivity index (χ3n) is 9.17. The molecule has 0 bridgehead atoms. The summed E-state index contributed by atoms with van der Waals surface area (Å²) in [5, 5.41) is 12.3. The number of aromatic hydroxyl groups is 1. The summed E-state index contributed by atoms with van der Waals surface area (Å²) in [6, 6.07) is 47.4. The summed E-state index contributed by atoms with van der Waals surface area (Å²) in [5.74, 6) is 0.819. The Kier molecular flexibility index (Phi) is 7.94. The molecule has 0 aliphatic rings. The quantitative estimate of drug-likeness (QED) is 0.172. The van der Waals surface area contributed by atoms with Gasteiger partial charge in [-0.2, -0.15) is 0 Å². The van der Waals surface area contributed by atoms with Crippen molar-refractivity contribution in [3.63, 3.8) is 0 Å². The van der Waals surface area contributed by atoms with Crippen LogP contribution in [0.5, 0.6) is 5.75 Å². The van der Waals surface area contributed by atoms with Crippen LogP contribution >= 0.6 is 0 Å². The Hall–Kier alpha value is -6.11. The average Bonchev–Trinajstić information content (AvgIpc) is 3.55. The summed E-state index contributed by atoms with van der Waals surface area (Å²) in [7, 11) is -1.70. The smallest absolute Gasteiger partial charge is 0.149 e. The molecule has 1 N–H and O–H groups in total. The Morgan fingerprint density at radius 2 is 1.16 bits per heavy atom. The predicted octanol–water partition coefficient (Wildman–Crippen LogP) is 10.4. The highest BCUT2D eigenvalue weighted by atomic mass is 28.3. The molecule has 6 heteroatoms. The number of phenolic OH excluding ortho intramolecular Hbond substituents is 1. The van der Waals surface area contributed by atoms with Gasteiger partial charge >= 0.3 is 0 Å². The second kappa shape index (κ2) is 12.7. The Morgan fingerprint density at radius 3 is 1.86 bits per heavy atom. The molecule has 0 fully saturated rings. The van der Waals surface area contributed by atoms with Crippen molar-refractivity contribution in [2.45, 2.75) is 19.6 Å². The second-order valence-electron chi connectivity index (χ2n) is 13.6. The van der Waals surface area contributed by atoms with Crippen molar-refractivity contribution in [1.29, 1.82) is 0 Å². The van der Waals surface area contributed by atoms with Gasteiger partial charge in [-0.25, -0.2) is 4.98 Å². The molecule has 5 nitrogen and oxygen atoms in total. The molecule has 50 heavy (non-hydrogen) atoms. The zero-order valence-electron chi connectivity index (χ0n) is 28.2. The molecule has 3 aromatic heterocycles. The van der Waals surface area contributed by atoms with E-state index in [9.17, 15) is 5.11 Å². The van der Waals surface area contributed by atoms with Crippen LogP contribution in [-0.2, 0) is 0 Å². The van der Waals surface area contributed by atoms with Crippen LogP contribution in [0.15, 0.2) is 158 Å². The van der Waals surface area contributed by atoms with Gasteiger partial charge in [-0.05, 0) is 81.5 Å². The monoisotopic (exact) mass is 664 g/mol. The fourth-order valence-electron chi connectivity index (χ4n) is 6.68. The number of pyridine rings is 2. The molecule has 0 aliphatic heterocycles. The number of aromatic nitrogens is 4. The highest BCUT2D eigenvalue weighted by Crippen LogP contribution is 2.39. The number of phenols is 1. The van der Waals surface area contributed by atoms with Crippen LogP contribution in [0.3, 0.4) is 0 Å². The number of hydrogen-bond donors (Lipinski definition) is 1. The van der Waals surface area contributed by atoms with E-state index in [-0.39, 0.29) is 5.75 Å². The van der Waals surface area contributed by atoms with Gasteiger partial charge in [0, 0.05) is 29.2 Å². The lowest BCUT2D eigenvalue weighted by molar-refractivity contribution is 0.477. The van der Waals surface area contributed by atoms with Gasteiger partial charge < -0.3 is 5.11 Å². The third-order valence-corrected chi connectivity index (χ3v) is 11.2. The number of benzene rings is 5. The highest BCUT2D eigenvalue weighted by molar-refractivity contribution is 6.89. The minimum Gasteiger partial charge on any atom is -0.507 e. The predicted molar refractivity (Wildman–Crippen MR) is 208 cm³/mol. The number of rotatable bonds is 7. The molecule has 242 valence electrons. The van der Waals surface area contributed by atoms with E-state index < -0.39 is 8.07 Å². The SMILES string of the molecule is C[Si](C)(C)c1cnc(-c2cc(-c3ccccc3)cc(-c3cncc4c3nc(-c3ccccc3O)n4-c3ccccc3)c2)cc1-c1ccccc1. The van der Waals surface area contributed by atoms with Gasteiger partial charge in [-0.15, -0.1) is 0 Å². The molecule has 0 atom stereocenters. The maximum atomic E-state index is 11.0. The molecule has 8 rings (SSSR count). The fourth-order valence-corrected chi connectivity index (χ4v) is 8.16. The van der Waals surface area contributed by atoms with Crippen LogP contribution in [0.25, 0.3) is 72.7 Å². The zero-order valence-corrected chi connectivity index (χ0v) is 29.2. The van der Waals surface area contributed by atoms with Crippen LogP contribution in [0.2, 0.25) is 19.6 Å². The molecule has 0 spiro atoms. The van der Waals surface area contributed by atoms with Crippen molar-refractivity contribution in [2.24, 2.45) is 0 Å². The lowest BCUT2D eigenvalue weighted by Gasteiger charge is -2.22. The molecular weight excluding hydrogens is 629 g/mol. The number of para-hydroxylation sites is 2. The fraction of sp³-hybridized carbons (Fsp3) is 0.0682. The van der Waals surface area contributed by atoms with Crippen LogP contribution in [0.1, 0.15) is 0 Å². The summed E-state index contributed by atoms with van der Waals surface area (Å²) in [4.78, 5) is 15.1. The molecule has 5 aromatic carbocycles. The first-order valence-corrected chi connectivity index (χ1v) is 20.3. The molecular formula is C44H36N4OSi. The van der Waals surface area contributed by atoms with E-state index >= 15 is 0 Å². The van der Waals surface area contributed by atoms with Crippen molar-refractivity contribution in [2.75, 3.05) is 0 Å². The normalized spacial score (nSPS) is 11.6. The van der Waals surface area contributed by atoms with E-state index in [1.54, 1.807) is 6.07 Å². The van der Waals surface area contributed by atoms with E-state index in [1.165, 1.54) is 16.3 Å². The first-order chi connectivity index (χ1) is 24.3. The highest BCUT2D eigenvalue weighted by Gasteiger charge is 2.24. The number of nitrogens with zero attached hydrogens (tertiary/aromatic N) is 4. The maximum Gasteiger partial charge on any atom is 0.149 e. The number of fused-ring (bicyclic) bond motifs is 1. The lowest BCUT2D eigenvalue weighted by Crippen LogP contribution is -2.39. The van der Waals surface area contributed by atoms with Crippen molar-refractivity contribution in [3.8, 4) is 67.5 Å². The molecule has 0 saturated carbocycles. The summed E-state index contributed by atoms with van der Waals surface area (Å²) in [5.41, 5.74) is 11.7. The first kappa shape index (κ1) is 31.2. The Labute approximate surface area is 293 Å². The van der Waals surface area contributed by atoms with Gasteiger partial charge in [0.2, 0.25) is 0 Å². The summed E-state index contributed by atoms with van der Waals surface area (Å²) >= 11 is 0. The largest absolute Gasteiger partial charge is 0.507 e. The van der Waals surface area contributed by atoms with Gasteiger partial charge in [0.05, 0.1) is 31.0 Å². The minimum atomic E-state index is -1.70. The number of hydrogen-bond acceptors (Lipinski definition) is 4. The van der Waals surface area contributed by atoms with E-state index in [0.717, 1.165) is 50.2 Å². The van der Waals surface area contributed by atoms with E-state index in [1.807, 2.05) is 67.0 Å². The molecule has 0 unspecified atom stereocenters. The Bertz CT molecular complexity index is 2470. The van der Waals surface area contributed by atoms with Gasteiger partial charge in [0.1, 0.15) is 17.1 Å². The molecule has 0 saturated heterocycles. The van der Waals surface area contributed by atoms with E-state index in [2.05, 4.69) is 109 Å². The first-order valence-electron chi connectivity index (χ1n) is 16.8. The Balaban J connectivity index is 1.38. The topological polar surface area (TPSA) is 63.8 Å². The zero-order chi connectivity index (χ0) is 34.2. The van der Waals surface area contributed by atoms with Crippen molar-refractivity contribution in [1.82, 2.24) is 19.5 Å². The van der Waals surface area contributed by atoms with Crippen molar-refractivity contribution in [3.05, 3.63) is 158 Å². The summed E-state index contributed by atoms with van der Waals surface area (Å²) in [6.45, 7) is 7.11. The van der Waals surface area contributed by atoms with E-state index in [0.29, 0.717) is 11.4 Å². The molecule has 0 radical (unpaired) electrons. The minimum absolute atomic E-state index is 0.171. The van der Waals surface area contributed by atoms with Gasteiger partial charge in [0.15, 0.2) is 0 Å². The number of imidazole rings is 1. The van der Waals surface area contributed by atoms with Crippen LogP contribution in [0, 0.1) is 0 Å². The Morgan fingerprint density at radius 1 is 0.540 bits per heavy atom. The van der Waals surface area contributed by atoms with Crippen LogP contribution in [0.4, 0.5) is 0 Å². The van der Waals surface area contributed by atoms with Crippen LogP contribution in [-0.4, -0.2) is 32.7 Å². The van der Waals surface area contributed by atoms with Crippen molar-refractivity contribution < 1.29 is 5.11 Å². The molecule has 0 aliphatic carbocycles. The standard InChI is InChI=1S/C44H36N4OSi/c1-50(2,3)42-29-46-39(26-37(42)31-17-9-5-10-18-31)34-24-32(30-15-7-4-8-16-30)23-33(25-34)38-27-45-28-40-43(38)47-44(36-21-13-14-22-41(36)49)48(40)35-19-11-6-12-20-35/h4-29,49H,1-3H3. The summed E-state index contributed by atoms with van der Waals surface area (Å²) < 4.78 is 2.08.